The number of H-pyrrole nitrogens is 2. The van der Waals surface area contributed by atoms with Gasteiger partial charge in [-0.05, 0) is 69.4 Å². The molecule has 0 atom stereocenters. The van der Waals surface area contributed by atoms with E-state index in [0.29, 0.717) is 35.3 Å². The van der Waals surface area contributed by atoms with E-state index in [2.05, 4.69) is 77.4 Å². The first-order valence-electron chi connectivity index (χ1n) is 13.4. The molecule has 0 bridgehead atoms. The molecule has 12 heteroatoms. The molecule has 0 unspecified atom stereocenters. The average molecular weight is 546 g/mol. The number of nitrogens with one attached hydrogen (secondary N) is 2. The molecule has 0 aliphatic rings. The van der Waals surface area contributed by atoms with Gasteiger partial charge in [0.05, 0.1) is 5.69 Å². The van der Waals surface area contributed by atoms with Crippen LogP contribution < -0.4 is 5.56 Å². The molecule has 4 aromatic heterocycles. The van der Waals surface area contributed by atoms with Crippen molar-refractivity contribution in [1.82, 2.24) is 55.8 Å². The number of pyridine rings is 1. The number of rotatable bonds is 9. The zero-order valence-corrected chi connectivity index (χ0v) is 22.6. The van der Waals surface area contributed by atoms with Crippen molar-refractivity contribution in [1.29, 1.82) is 0 Å². The van der Waals surface area contributed by atoms with Crippen molar-refractivity contribution < 1.29 is 0 Å². The largest absolute Gasteiger partial charge is 0.268 e. The molecular formula is C29H27N11O. The minimum Gasteiger partial charge on any atom is -0.268 e. The molecule has 0 saturated heterocycles. The fourth-order valence-corrected chi connectivity index (χ4v) is 4.88. The highest BCUT2D eigenvalue weighted by molar-refractivity contribution is 5.80. The Balaban J connectivity index is 1.34. The smallest absolute Gasteiger partial charge is 0.263 e. The monoisotopic (exact) mass is 545 g/mol. The molecule has 2 N–H and O–H groups in total. The number of tetrazole rings is 2. The van der Waals surface area contributed by atoms with E-state index in [1.807, 2.05) is 37.3 Å². The van der Waals surface area contributed by atoms with Crippen LogP contribution in [0.5, 0.6) is 0 Å². The van der Waals surface area contributed by atoms with Gasteiger partial charge in [0.25, 0.3) is 5.56 Å². The molecule has 0 aliphatic heterocycles. The molecule has 0 spiro atoms. The number of aromatic nitrogens is 11. The molecule has 6 aromatic rings. The van der Waals surface area contributed by atoms with Gasteiger partial charge in [0.15, 0.2) is 11.6 Å². The Hall–Kier alpha value is -5.39. The molecule has 0 fully saturated rings. The lowest BCUT2D eigenvalue weighted by Gasteiger charge is -2.15. The number of benzene rings is 2. The Bertz CT molecular complexity index is 1810. The van der Waals surface area contributed by atoms with Crippen molar-refractivity contribution in [3.05, 3.63) is 99.9 Å². The maximum absolute atomic E-state index is 14.0. The van der Waals surface area contributed by atoms with Crippen LogP contribution in [0, 0.1) is 6.92 Å². The van der Waals surface area contributed by atoms with Crippen molar-refractivity contribution in [2.24, 2.45) is 0 Å². The summed E-state index contributed by atoms with van der Waals surface area (Å²) in [4.78, 5) is 23.4. The van der Waals surface area contributed by atoms with Crippen LogP contribution in [0.25, 0.3) is 39.7 Å². The quantitative estimate of drug-likeness (QED) is 0.275. The summed E-state index contributed by atoms with van der Waals surface area (Å²) in [7, 11) is 0. The van der Waals surface area contributed by atoms with Crippen LogP contribution in [0.4, 0.5) is 0 Å². The molecular weight excluding hydrogens is 518 g/mol. The predicted octanol–water partition coefficient (Wildman–Crippen LogP) is 3.90. The van der Waals surface area contributed by atoms with E-state index in [4.69, 9.17) is 4.98 Å². The van der Waals surface area contributed by atoms with E-state index in [1.54, 1.807) is 16.8 Å². The fourth-order valence-electron chi connectivity index (χ4n) is 4.88. The Morgan fingerprint density at radius 3 is 2.20 bits per heavy atom. The van der Waals surface area contributed by atoms with Gasteiger partial charge in [-0.15, -0.1) is 10.2 Å². The third kappa shape index (κ3) is 5.26. The molecule has 41 heavy (non-hydrogen) atoms. The molecule has 204 valence electrons. The maximum atomic E-state index is 14.0. The van der Waals surface area contributed by atoms with Gasteiger partial charge in [-0.25, -0.2) is 24.7 Å². The molecule has 12 nitrogen and oxygen atoms in total. The number of hydrogen-bond acceptors (Lipinski definition) is 9. The van der Waals surface area contributed by atoms with Crippen molar-refractivity contribution in [2.75, 3.05) is 0 Å². The van der Waals surface area contributed by atoms with Crippen molar-refractivity contribution in [3.63, 3.8) is 0 Å². The number of hydrogen-bond donors (Lipinski definition) is 2. The molecule has 0 saturated carbocycles. The van der Waals surface area contributed by atoms with Gasteiger partial charge in [-0.3, -0.25) is 4.79 Å². The van der Waals surface area contributed by atoms with Crippen LogP contribution in [0.2, 0.25) is 0 Å². The molecule has 6 rings (SSSR count). The Morgan fingerprint density at radius 2 is 1.54 bits per heavy atom. The molecule has 4 heterocycles. The van der Waals surface area contributed by atoms with Gasteiger partial charge in [0, 0.05) is 29.3 Å². The number of nitrogens with zero attached hydrogens (tertiary/aromatic N) is 9. The number of aryl methyl sites for hydroxylation is 2. The minimum atomic E-state index is -0.113. The summed E-state index contributed by atoms with van der Waals surface area (Å²) in [5.41, 5.74) is 6.08. The highest BCUT2D eigenvalue weighted by atomic mass is 16.1. The van der Waals surface area contributed by atoms with E-state index in [9.17, 15) is 4.79 Å². The van der Waals surface area contributed by atoms with Crippen LogP contribution in [-0.2, 0) is 12.8 Å². The van der Waals surface area contributed by atoms with Crippen LogP contribution in [0.15, 0.2) is 71.7 Å². The second kappa shape index (κ2) is 11.4. The van der Waals surface area contributed by atoms with E-state index in [0.717, 1.165) is 52.8 Å². The van der Waals surface area contributed by atoms with Gasteiger partial charge in [0.1, 0.15) is 11.6 Å². The first kappa shape index (κ1) is 25.9. The summed E-state index contributed by atoms with van der Waals surface area (Å²) < 4.78 is 1.57. The Kier molecular flexibility index (Phi) is 7.18. The topological polar surface area (TPSA) is 157 Å². The van der Waals surface area contributed by atoms with Crippen LogP contribution in [0.1, 0.15) is 42.4 Å². The van der Waals surface area contributed by atoms with Gasteiger partial charge in [0.2, 0.25) is 0 Å². The lowest BCUT2D eigenvalue weighted by Crippen LogP contribution is -2.29. The normalized spacial score (nSPS) is 11.2. The van der Waals surface area contributed by atoms with Gasteiger partial charge in [-0.2, -0.15) is 0 Å². The van der Waals surface area contributed by atoms with Crippen LogP contribution in [0.3, 0.4) is 0 Å². The lowest BCUT2D eigenvalue weighted by atomic mass is 9.96. The third-order valence-electron chi connectivity index (χ3n) is 6.97. The second-order valence-electron chi connectivity index (χ2n) is 9.65. The number of aromatic amines is 2. The zero-order valence-electron chi connectivity index (χ0n) is 22.6. The summed E-state index contributed by atoms with van der Waals surface area (Å²) in [6.45, 7) is 3.97. The van der Waals surface area contributed by atoms with Gasteiger partial charge >= 0.3 is 0 Å². The van der Waals surface area contributed by atoms with E-state index < -0.39 is 0 Å². The summed E-state index contributed by atoms with van der Waals surface area (Å²) in [5.74, 6) is 2.20. The molecule has 2 aromatic carbocycles. The highest BCUT2D eigenvalue weighted by Crippen LogP contribution is 2.30. The SMILES string of the molecule is CCCCc1nc(C)n(-c2ccc(-c3nnn[nH]3)cn2)c(=O)c1Cc1ccc(-c2ccccc2-c2nnn[nH]2)cc1. The number of unbranched alkanes of at least 4 members (excludes halogenated alkanes) is 1. The summed E-state index contributed by atoms with van der Waals surface area (Å²) >= 11 is 0. The third-order valence-corrected chi connectivity index (χ3v) is 6.97. The van der Waals surface area contributed by atoms with Crippen molar-refractivity contribution in [3.8, 4) is 39.7 Å². The Labute approximate surface area is 234 Å². The van der Waals surface area contributed by atoms with E-state index in [-0.39, 0.29) is 5.56 Å². The first-order chi connectivity index (χ1) is 20.1. The van der Waals surface area contributed by atoms with Crippen LogP contribution in [-0.4, -0.2) is 55.8 Å². The van der Waals surface area contributed by atoms with Crippen molar-refractivity contribution >= 4 is 0 Å². The predicted molar refractivity (Wildman–Crippen MR) is 152 cm³/mol. The maximum Gasteiger partial charge on any atom is 0.263 e. The first-order valence-corrected chi connectivity index (χ1v) is 13.4. The molecule has 0 radical (unpaired) electrons. The van der Waals surface area contributed by atoms with Crippen LogP contribution >= 0.6 is 0 Å². The highest BCUT2D eigenvalue weighted by Gasteiger charge is 2.18. The van der Waals surface area contributed by atoms with Gasteiger partial charge in [-0.1, -0.05) is 61.9 Å². The summed E-state index contributed by atoms with van der Waals surface area (Å²) in [5, 5.41) is 28.2. The van der Waals surface area contributed by atoms with E-state index >= 15 is 0 Å². The fraction of sp³-hybridized carbons (Fsp3) is 0.207. The van der Waals surface area contributed by atoms with E-state index in [1.165, 1.54) is 0 Å². The molecule has 0 amide bonds. The Morgan fingerprint density at radius 1 is 0.829 bits per heavy atom. The average Bonchev–Trinajstić information content (AvgIpc) is 3.74. The summed E-state index contributed by atoms with van der Waals surface area (Å²) in [6.07, 6.45) is 4.80. The molecule has 0 aliphatic carbocycles. The van der Waals surface area contributed by atoms with Gasteiger partial charge < -0.3 is 0 Å². The van der Waals surface area contributed by atoms with Crippen molar-refractivity contribution in [2.45, 2.75) is 39.5 Å². The lowest BCUT2D eigenvalue weighted by molar-refractivity contribution is 0.729. The standard InChI is InChI=1S/C29H27N11O/c1-3-4-9-25-24(29(41)40(18(2)31-25)26-15-14-21(17-30-26)27-32-36-37-33-27)16-19-10-12-20(13-11-19)22-7-5-6-8-23(22)28-34-38-39-35-28/h5-8,10-15,17H,3-4,9,16H2,1-2H3,(H,32,33,36,37)(H,34,35,38,39). The minimum absolute atomic E-state index is 0.113. The summed E-state index contributed by atoms with van der Waals surface area (Å²) in [6, 6.07) is 19.8. The zero-order chi connectivity index (χ0) is 28.2. The second-order valence-corrected chi connectivity index (χ2v) is 9.65.